The maximum Gasteiger partial charge on any atom is 0.252 e. The average Bonchev–Trinajstić information content (AvgIpc) is 2.66. The van der Waals surface area contributed by atoms with Crippen LogP contribution < -0.4 is 15.4 Å². The third-order valence-electron chi connectivity index (χ3n) is 3.50. The van der Waals surface area contributed by atoms with Gasteiger partial charge in [0, 0.05) is 17.2 Å². The summed E-state index contributed by atoms with van der Waals surface area (Å²) in [4.78, 5) is 24.0. The summed E-state index contributed by atoms with van der Waals surface area (Å²) in [5, 5.41) is 5.40. The zero-order valence-electron chi connectivity index (χ0n) is 14.5. The van der Waals surface area contributed by atoms with Crippen molar-refractivity contribution in [2.24, 2.45) is 0 Å². The Hall–Kier alpha value is -2.13. The summed E-state index contributed by atoms with van der Waals surface area (Å²) in [6.07, 6.45) is 0. The molecule has 0 aliphatic rings. The summed E-state index contributed by atoms with van der Waals surface area (Å²) < 4.78 is 11.3. The first kappa shape index (κ1) is 20.2. The highest BCUT2D eigenvalue weighted by Gasteiger charge is 2.10. The molecule has 0 aromatic heterocycles. The molecule has 0 atom stereocenters. The maximum absolute atomic E-state index is 12.1. The van der Waals surface area contributed by atoms with Crippen LogP contribution >= 0.6 is 22.6 Å². The van der Waals surface area contributed by atoms with Gasteiger partial charge in [-0.15, -0.1) is 0 Å². The molecular weight excluding hydrogens is 447 g/mol. The molecule has 2 aromatic rings. The number of rotatable bonds is 9. The van der Waals surface area contributed by atoms with E-state index in [0.29, 0.717) is 25.3 Å². The number of hydrogen-bond donors (Lipinski definition) is 2. The number of benzene rings is 2. The minimum atomic E-state index is -0.261. The van der Waals surface area contributed by atoms with E-state index in [-0.39, 0.29) is 18.4 Å². The highest BCUT2D eigenvalue weighted by atomic mass is 127. The van der Waals surface area contributed by atoms with Gasteiger partial charge in [0.1, 0.15) is 12.4 Å². The smallest absolute Gasteiger partial charge is 0.252 e. The van der Waals surface area contributed by atoms with E-state index in [1.54, 1.807) is 19.2 Å². The molecule has 138 valence electrons. The van der Waals surface area contributed by atoms with E-state index in [1.807, 2.05) is 36.4 Å². The van der Waals surface area contributed by atoms with E-state index in [1.165, 1.54) is 0 Å². The van der Waals surface area contributed by atoms with Crippen molar-refractivity contribution < 1.29 is 19.1 Å². The van der Waals surface area contributed by atoms with Crippen molar-refractivity contribution in [3.05, 3.63) is 63.2 Å². The van der Waals surface area contributed by atoms with Crippen molar-refractivity contribution in [2.75, 3.05) is 26.9 Å². The molecule has 0 heterocycles. The lowest BCUT2D eigenvalue weighted by atomic mass is 10.2. The van der Waals surface area contributed by atoms with Crippen LogP contribution in [0, 0.1) is 3.57 Å². The van der Waals surface area contributed by atoms with Crippen LogP contribution in [0.5, 0.6) is 5.75 Å². The number of nitrogens with one attached hydrogen (secondary N) is 2. The van der Waals surface area contributed by atoms with Crippen LogP contribution in [0.4, 0.5) is 0 Å². The predicted molar refractivity (Wildman–Crippen MR) is 107 cm³/mol. The van der Waals surface area contributed by atoms with E-state index in [2.05, 4.69) is 33.2 Å². The highest BCUT2D eigenvalue weighted by molar-refractivity contribution is 14.1. The van der Waals surface area contributed by atoms with Crippen LogP contribution in [0.3, 0.4) is 0 Å². The van der Waals surface area contributed by atoms with Gasteiger partial charge in [0.15, 0.2) is 0 Å². The Morgan fingerprint density at radius 2 is 1.73 bits per heavy atom. The molecule has 0 fully saturated rings. The lowest BCUT2D eigenvalue weighted by Gasteiger charge is -2.09. The minimum absolute atomic E-state index is 0.0674. The van der Waals surface area contributed by atoms with Gasteiger partial charge in [0.25, 0.3) is 5.91 Å². The lowest BCUT2D eigenvalue weighted by molar-refractivity contribution is -0.120. The summed E-state index contributed by atoms with van der Waals surface area (Å²) in [6, 6.07) is 14.7. The second-order valence-electron chi connectivity index (χ2n) is 5.42. The Morgan fingerprint density at radius 3 is 2.42 bits per heavy atom. The molecule has 2 N–H and O–H groups in total. The Bertz CT molecular complexity index is 735. The van der Waals surface area contributed by atoms with Crippen LogP contribution in [0.25, 0.3) is 0 Å². The first-order valence-electron chi connectivity index (χ1n) is 8.10. The lowest BCUT2D eigenvalue weighted by Crippen LogP contribution is -2.36. The van der Waals surface area contributed by atoms with E-state index in [0.717, 1.165) is 14.9 Å². The first-order chi connectivity index (χ1) is 12.6. The molecule has 2 rings (SSSR count). The van der Waals surface area contributed by atoms with Crippen molar-refractivity contribution in [3.63, 3.8) is 0 Å². The zero-order valence-corrected chi connectivity index (χ0v) is 16.6. The normalized spacial score (nSPS) is 10.2. The molecule has 0 aliphatic heterocycles. The van der Waals surface area contributed by atoms with E-state index < -0.39 is 0 Å². The largest absolute Gasteiger partial charge is 0.491 e. The van der Waals surface area contributed by atoms with Crippen LogP contribution in [-0.2, 0) is 16.1 Å². The summed E-state index contributed by atoms with van der Waals surface area (Å²) in [5.74, 6) is 0.245. The van der Waals surface area contributed by atoms with Gasteiger partial charge in [-0.2, -0.15) is 0 Å². The fourth-order valence-electron chi connectivity index (χ4n) is 2.11. The molecule has 0 aliphatic carbocycles. The molecule has 2 aromatic carbocycles. The predicted octanol–water partition coefficient (Wildman–Crippen LogP) is 2.36. The number of carbonyl (C=O) groups is 2. The van der Waals surface area contributed by atoms with E-state index in [9.17, 15) is 9.59 Å². The van der Waals surface area contributed by atoms with Gasteiger partial charge < -0.3 is 20.1 Å². The summed E-state index contributed by atoms with van der Waals surface area (Å²) in [7, 11) is 1.62. The van der Waals surface area contributed by atoms with Crippen molar-refractivity contribution >= 4 is 34.4 Å². The fourth-order valence-corrected chi connectivity index (χ4v) is 2.74. The molecule has 0 saturated carbocycles. The molecule has 0 saturated heterocycles. The first-order valence-corrected chi connectivity index (χ1v) is 9.18. The van der Waals surface area contributed by atoms with Crippen LogP contribution in [0.2, 0.25) is 0 Å². The van der Waals surface area contributed by atoms with Gasteiger partial charge in [0.05, 0.1) is 18.7 Å². The van der Waals surface area contributed by atoms with Crippen molar-refractivity contribution in [3.8, 4) is 5.75 Å². The monoisotopic (exact) mass is 468 g/mol. The van der Waals surface area contributed by atoms with Gasteiger partial charge in [-0.1, -0.05) is 24.3 Å². The molecule has 0 radical (unpaired) electrons. The van der Waals surface area contributed by atoms with Crippen molar-refractivity contribution in [1.82, 2.24) is 10.6 Å². The molecular formula is C19H21IN2O4. The van der Waals surface area contributed by atoms with E-state index >= 15 is 0 Å². The Labute approximate surface area is 166 Å². The number of hydrogen-bond acceptors (Lipinski definition) is 4. The molecule has 7 heteroatoms. The maximum atomic E-state index is 12.1. The molecule has 2 amide bonds. The number of carbonyl (C=O) groups excluding carboxylic acids is 2. The Balaban J connectivity index is 1.73. The van der Waals surface area contributed by atoms with Crippen molar-refractivity contribution in [2.45, 2.75) is 6.54 Å². The SMILES string of the molecule is COCCOc1ccc(CNC(=O)CNC(=O)c2ccccc2I)cc1. The Morgan fingerprint density at radius 1 is 1.00 bits per heavy atom. The molecule has 0 unspecified atom stereocenters. The van der Waals surface area contributed by atoms with Gasteiger partial charge in [-0.05, 0) is 52.4 Å². The van der Waals surface area contributed by atoms with E-state index in [4.69, 9.17) is 9.47 Å². The number of methoxy groups -OCH3 is 1. The Kier molecular flexibility index (Phi) is 8.36. The standard InChI is InChI=1S/C19H21IN2O4/c1-25-10-11-26-15-8-6-14(7-9-15)12-21-18(23)13-22-19(24)16-4-2-3-5-17(16)20/h2-9H,10-13H2,1H3,(H,21,23)(H,22,24). The third-order valence-corrected chi connectivity index (χ3v) is 4.44. The topological polar surface area (TPSA) is 76.7 Å². The second kappa shape index (κ2) is 10.8. The van der Waals surface area contributed by atoms with Gasteiger partial charge in [-0.3, -0.25) is 9.59 Å². The molecule has 26 heavy (non-hydrogen) atoms. The summed E-state index contributed by atoms with van der Waals surface area (Å²) in [5.41, 5.74) is 1.51. The van der Waals surface area contributed by atoms with Crippen molar-refractivity contribution in [1.29, 1.82) is 0 Å². The number of ether oxygens (including phenoxy) is 2. The average molecular weight is 468 g/mol. The number of halogens is 1. The highest BCUT2D eigenvalue weighted by Crippen LogP contribution is 2.12. The summed E-state index contributed by atoms with van der Waals surface area (Å²) >= 11 is 2.09. The van der Waals surface area contributed by atoms with Crippen LogP contribution in [0.1, 0.15) is 15.9 Å². The van der Waals surface area contributed by atoms with Gasteiger partial charge in [0.2, 0.25) is 5.91 Å². The van der Waals surface area contributed by atoms with Crippen LogP contribution in [-0.4, -0.2) is 38.7 Å². The third kappa shape index (κ3) is 6.64. The molecule has 0 spiro atoms. The molecule has 0 bridgehead atoms. The second-order valence-corrected chi connectivity index (χ2v) is 6.59. The van der Waals surface area contributed by atoms with Gasteiger partial charge >= 0.3 is 0 Å². The fraction of sp³-hybridized carbons (Fsp3) is 0.263. The minimum Gasteiger partial charge on any atom is -0.491 e. The number of amides is 2. The molecule has 6 nitrogen and oxygen atoms in total. The zero-order chi connectivity index (χ0) is 18.8. The van der Waals surface area contributed by atoms with Gasteiger partial charge in [-0.25, -0.2) is 0 Å². The summed E-state index contributed by atoms with van der Waals surface area (Å²) in [6.45, 7) is 1.34. The quantitative estimate of drug-likeness (QED) is 0.438. The van der Waals surface area contributed by atoms with Crippen LogP contribution in [0.15, 0.2) is 48.5 Å².